The van der Waals surface area contributed by atoms with Crippen LogP contribution < -0.4 is 4.74 Å². The molecule has 1 aliphatic carbocycles. The zero-order valence-electron chi connectivity index (χ0n) is 12.9. The Morgan fingerprint density at radius 1 is 1.10 bits per heavy atom. The predicted octanol–water partition coefficient (Wildman–Crippen LogP) is 3.59. The molecule has 3 rings (SSSR count). The molecule has 0 bridgehead atoms. The van der Waals surface area contributed by atoms with Crippen molar-refractivity contribution in [1.29, 1.82) is 0 Å². The van der Waals surface area contributed by atoms with Gasteiger partial charge in [-0.1, -0.05) is 31.4 Å². The fourth-order valence-corrected chi connectivity index (χ4v) is 3.72. The van der Waals surface area contributed by atoms with E-state index in [0.717, 1.165) is 38.1 Å². The summed E-state index contributed by atoms with van der Waals surface area (Å²) < 4.78 is 5.21. The van der Waals surface area contributed by atoms with E-state index in [-0.39, 0.29) is 0 Å². The minimum absolute atomic E-state index is 0.299. The van der Waals surface area contributed by atoms with E-state index >= 15 is 0 Å². The van der Waals surface area contributed by atoms with Gasteiger partial charge in [0.1, 0.15) is 5.75 Å². The molecule has 1 aromatic rings. The van der Waals surface area contributed by atoms with Crippen LogP contribution >= 0.6 is 0 Å². The summed E-state index contributed by atoms with van der Waals surface area (Å²) in [5.41, 5.74) is 1.33. The summed E-state index contributed by atoms with van der Waals surface area (Å²) >= 11 is 0. The van der Waals surface area contributed by atoms with Crippen molar-refractivity contribution in [2.75, 3.05) is 20.2 Å². The molecule has 0 aromatic heterocycles. The molecule has 2 fully saturated rings. The van der Waals surface area contributed by atoms with Crippen molar-refractivity contribution in [3.8, 4) is 5.75 Å². The minimum atomic E-state index is 0.299. The van der Waals surface area contributed by atoms with E-state index in [2.05, 4.69) is 17.0 Å². The van der Waals surface area contributed by atoms with Gasteiger partial charge in [-0.05, 0) is 37.0 Å². The first-order chi connectivity index (χ1) is 10.3. The van der Waals surface area contributed by atoms with Gasteiger partial charge in [-0.25, -0.2) is 0 Å². The topological polar surface area (TPSA) is 29.5 Å². The van der Waals surface area contributed by atoms with Gasteiger partial charge in [0.25, 0.3) is 0 Å². The molecule has 1 atom stereocenters. The van der Waals surface area contributed by atoms with Crippen LogP contribution in [0.2, 0.25) is 0 Å². The van der Waals surface area contributed by atoms with Gasteiger partial charge in [-0.15, -0.1) is 0 Å². The predicted molar refractivity (Wildman–Crippen MR) is 83.5 cm³/mol. The summed E-state index contributed by atoms with van der Waals surface area (Å²) in [6, 6.07) is 8.30. The van der Waals surface area contributed by atoms with Gasteiger partial charge in [0.2, 0.25) is 5.91 Å². The van der Waals surface area contributed by atoms with Gasteiger partial charge >= 0.3 is 0 Å². The summed E-state index contributed by atoms with van der Waals surface area (Å²) in [5.74, 6) is 2.09. The molecular weight excluding hydrogens is 262 g/mol. The number of likely N-dealkylation sites (tertiary alicyclic amines) is 1. The number of hydrogen-bond acceptors (Lipinski definition) is 2. The highest BCUT2D eigenvalue weighted by Crippen LogP contribution is 2.32. The second kappa shape index (κ2) is 6.50. The fourth-order valence-electron chi connectivity index (χ4n) is 3.72. The lowest BCUT2D eigenvalue weighted by molar-refractivity contribution is -0.135. The van der Waals surface area contributed by atoms with Gasteiger partial charge in [-0.2, -0.15) is 0 Å². The third-order valence-corrected chi connectivity index (χ3v) is 5.04. The number of carbonyl (C=O) groups is 1. The van der Waals surface area contributed by atoms with Crippen molar-refractivity contribution in [2.45, 2.75) is 44.4 Å². The van der Waals surface area contributed by atoms with Crippen LogP contribution in [0.5, 0.6) is 5.75 Å². The maximum atomic E-state index is 12.6. The van der Waals surface area contributed by atoms with Gasteiger partial charge in [-0.3, -0.25) is 4.79 Å². The molecule has 0 unspecified atom stereocenters. The van der Waals surface area contributed by atoms with Crippen molar-refractivity contribution < 1.29 is 9.53 Å². The summed E-state index contributed by atoms with van der Waals surface area (Å²) in [7, 11) is 1.69. The Labute approximate surface area is 127 Å². The second-order valence-electron chi connectivity index (χ2n) is 6.38. The molecule has 1 saturated carbocycles. The maximum Gasteiger partial charge on any atom is 0.225 e. The van der Waals surface area contributed by atoms with E-state index in [0.29, 0.717) is 17.7 Å². The summed E-state index contributed by atoms with van der Waals surface area (Å²) in [4.78, 5) is 14.7. The molecule has 1 saturated heterocycles. The van der Waals surface area contributed by atoms with E-state index < -0.39 is 0 Å². The Morgan fingerprint density at radius 2 is 1.81 bits per heavy atom. The SMILES string of the molecule is COc1ccc([C@H]2CCN(C(=O)C3CCCCC3)C2)cc1. The third kappa shape index (κ3) is 3.22. The van der Waals surface area contributed by atoms with Crippen molar-refractivity contribution in [2.24, 2.45) is 5.92 Å². The molecule has 1 heterocycles. The quantitative estimate of drug-likeness (QED) is 0.850. The lowest BCUT2D eigenvalue weighted by atomic mass is 9.88. The number of methoxy groups -OCH3 is 1. The van der Waals surface area contributed by atoms with Crippen LogP contribution in [0.4, 0.5) is 0 Å². The van der Waals surface area contributed by atoms with E-state index in [1.165, 1.54) is 24.8 Å². The van der Waals surface area contributed by atoms with E-state index in [1.807, 2.05) is 12.1 Å². The molecular formula is C18H25NO2. The number of hydrogen-bond donors (Lipinski definition) is 0. The van der Waals surface area contributed by atoms with Crippen LogP contribution in [-0.2, 0) is 4.79 Å². The Bertz CT molecular complexity index is 476. The lowest BCUT2D eigenvalue weighted by Crippen LogP contribution is -2.35. The normalized spacial score (nSPS) is 23.3. The van der Waals surface area contributed by atoms with Gasteiger partial charge in [0, 0.05) is 24.9 Å². The van der Waals surface area contributed by atoms with E-state index in [9.17, 15) is 4.79 Å². The van der Waals surface area contributed by atoms with Gasteiger partial charge in [0.15, 0.2) is 0 Å². The largest absolute Gasteiger partial charge is 0.497 e. The highest BCUT2D eigenvalue weighted by Gasteiger charge is 2.31. The Balaban J connectivity index is 1.60. The molecule has 0 radical (unpaired) electrons. The van der Waals surface area contributed by atoms with Crippen LogP contribution in [0.25, 0.3) is 0 Å². The smallest absolute Gasteiger partial charge is 0.225 e. The number of rotatable bonds is 3. The molecule has 3 nitrogen and oxygen atoms in total. The number of benzene rings is 1. The van der Waals surface area contributed by atoms with Crippen molar-refractivity contribution in [1.82, 2.24) is 4.90 Å². The van der Waals surface area contributed by atoms with Crippen LogP contribution in [-0.4, -0.2) is 31.0 Å². The molecule has 114 valence electrons. The van der Waals surface area contributed by atoms with Crippen molar-refractivity contribution >= 4 is 5.91 Å². The zero-order chi connectivity index (χ0) is 14.7. The Kier molecular flexibility index (Phi) is 4.47. The van der Waals surface area contributed by atoms with Crippen molar-refractivity contribution in [3.63, 3.8) is 0 Å². The van der Waals surface area contributed by atoms with Crippen LogP contribution in [0.3, 0.4) is 0 Å². The van der Waals surface area contributed by atoms with Crippen LogP contribution in [0.15, 0.2) is 24.3 Å². The number of ether oxygens (including phenoxy) is 1. The molecule has 1 aromatic carbocycles. The lowest BCUT2D eigenvalue weighted by Gasteiger charge is -2.26. The molecule has 1 amide bonds. The highest BCUT2D eigenvalue weighted by molar-refractivity contribution is 5.79. The average molecular weight is 287 g/mol. The summed E-state index contributed by atoms with van der Waals surface area (Å²) in [6.07, 6.45) is 7.05. The van der Waals surface area contributed by atoms with Gasteiger partial charge < -0.3 is 9.64 Å². The minimum Gasteiger partial charge on any atom is -0.497 e. The molecule has 0 N–H and O–H groups in total. The summed E-state index contributed by atoms with van der Waals surface area (Å²) in [6.45, 7) is 1.81. The first-order valence-electron chi connectivity index (χ1n) is 8.20. The first kappa shape index (κ1) is 14.4. The first-order valence-corrected chi connectivity index (χ1v) is 8.20. The molecule has 3 heteroatoms. The van der Waals surface area contributed by atoms with E-state index in [4.69, 9.17) is 4.74 Å². The number of carbonyl (C=O) groups excluding carboxylic acids is 1. The van der Waals surface area contributed by atoms with E-state index in [1.54, 1.807) is 7.11 Å². The molecule has 21 heavy (non-hydrogen) atoms. The Hall–Kier alpha value is -1.51. The van der Waals surface area contributed by atoms with Crippen LogP contribution in [0.1, 0.15) is 50.0 Å². The number of amides is 1. The third-order valence-electron chi connectivity index (χ3n) is 5.04. The summed E-state index contributed by atoms with van der Waals surface area (Å²) in [5, 5.41) is 0. The highest BCUT2D eigenvalue weighted by atomic mass is 16.5. The fraction of sp³-hybridized carbons (Fsp3) is 0.611. The Morgan fingerprint density at radius 3 is 2.48 bits per heavy atom. The molecule has 2 aliphatic rings. The zero-order valence-corrected chi connectivity index (χ0v) is 12.9. The maximum absolute atomic E-state index is 12.6. The van der Waals surface area contributed by atoms with Crippen molar-refractivity contribution in [3.05, 3.63) is 29.8 Å². The average Bonchev–Trinajstić information content (AvgIpc) is 3.05. The standard InChI is InChI=1S/C18H25NO2/c1-21-17-9-7-14(8-10-17)16-11-12-19(13-16)18(20)15-5-3-2-4-6-15/h7-10,15-16H,2-6,11-13H2,1H3/t16-/m0/s1. The second-order valence-corrected chi connectivity index (χ2v) is 6.38. The van der Waals surface area contributed by atoms with Crippen LogP contribution in [0, 0.1) is 5.92 Å². The monoisotopic (exact) mass is 287 g/mol. The van der Waals surface area contributed by atoms with Gasteiger partial charge in [0.05, 0.1) is 7.11 Å². The molecule has 1 aliphatic heterocycles. The molecule has 0 spiro atoms. The number of nitrogens with zero attached hydrogens (tertiary/aromatic N) is 1.